The Morgan fingerprint density at radius 1 is 1.45 bits per heavy atom. The maximum Gasteiger partial charge on any atom is 0.226 e. The quantitative estimate of drug-likeness (QED) is 0.922. The number of carbonyl (C=O) groups excluding carboxylic acids is 1. The van der Waals surface area contributed by atoms with Crippen molar-refractivity contribution in [2.75, 3.05) is 33.3 Å². The van der Waals surface area contributed by atoms with Crippen molar-refractivity contribution in [3.8, 4) is 0 Å². The van der Waals surface area contributed by atoms with Crippen LogP contribution in [0.3, 0.4) is 0 Å². The van der Waals surface area contributed by atoms with Crippen molar-refractivity contribution in [1.82, 2.24) is 10.2 Å². The lowest BCUT2D eigenvalue weighted by Gasteiger charge is -2.34. The molecule has 0 spiro atoms. The summed E-state index contributed by atoms with van der Waals surface area (Å²) in [5.41, 5.74) is 1.14. The fourth-order valence-corrected chi connectivity index (χ4v) is 2.42. The Kier molecular flexibility index (Phi) is 6.99. The summed E-state index contributed by atoms with van der Waals surface area (Å²) < 4.78 is 5.77. The molecule has 2 rings (SSSR count). The smallest absolute Gasteiger partial charge is 0.226 e. The summed E-state index contributed by atoms with van der Waals surface area (Å²) in [5, 5.41) is 3.05. The second-order valence-corrected chi connectivity index (χ2v) is 5.01. The van der Waals surface area contributed by atoms with E-state index < -0.39 is 0 Å². The summed E-state index contributed by atoms with van der Waals surface area (Å²) in [5.74, 6) is 0.220. The van der Waals surface area contributed by atoms with Gasteiger partial charge in [-0.1, -0.05) is 37.3 Å². The highest BCUT2D eigenvalue weighted by Crippen LogP contribution is 2.22. The van der Waals surface area contributed by atoms with E-state index in [-0.39, 0.29) is 30.3 Å². The minimum Gasteiger partial charge on any atom is -0.370 e. The normalized spacial score (nSPS) is 20.1. The summed E-state index contributed by atoms with van der Waals surface area (Å²) in [4.78, 5) is 14.2. The number of ether oxygens (including phenoxy) is 1. The van der Waals surface area contributed by atoms with Crippen molar-refractivity contribution in [3.05, 3.63) is 35.9 Å². The minimum atomic E-state index is 0. The van der Waals surface area contributed by atoms with Crippen molar-refractivity contribution in [1.29, 1.82) is 0 Å². The van der Waals surface area contributed by atoms with Gasteiger partial charge >= 0.3 is 0 Å². The number of rotatable bonds is 4. The van der Waals surface area contributed by atoms with E-state index in [0.717, 1.165) is 5.56 Å². The molecule has 1 fully saturated rings. The van der Waals surface area contributed by atoms with Gasteiger partial charge in [0, 0.05) is 19.0 Å². The lowest BCUT2D eigenvalue weighted by atomic mass is 10.1. The second kappa shape index (κ2) is 8.25. The molecule has 1 aromatic rings. The molecule has 0 radical (unpaired) electrons. The summed E-state index contributed by atoms with van der Waals surface area (Å²) in [6.07, 6.45) is 0.000635. The molecule has 2 unspecified atom stereocenters. The van der Waals surface area contributed by atoms with Crippen molar-refractivity contribution in [2.24, 2.45) is 5.92 Å². The Morgan fingerprint density at radius 2 is 2.15 bits per heavy atom. The van der Waals surface area contributed by atoms with Gasteiger partial charge in [0.15, 0.2) is 0 Å². The van der Waals surface area contributed by atoms with Crippen LogP contribution in [0.2, 0.25) is 0 Å². The Bertz CT molecular complexity index is 414. The SMILES string of the molecule is CNCC(C)C(=O)N1CCOC(c2ccccc2)C1.Cl. The van der Waals surface area contributed by atoms with Crippen molar-refractivity contribution in [3.63, 3.8) is 0 Å². The molecule has 0 saturated carbocycles. The minimum absolute atomic E-state index is 0. The van der Waals surface area contributed by atoms with Crippen LogP contribution in [0.25, 0.3) is 0 Å². The molecule has 2 atom stereocenters. The number of carbonyl (C=O) groups is 1. The Hall–Kier alpha value is -1.10. The molecule has 1 saturated heterocycles. The fraction of sp³-hybridized carbons (Fsp3) is 0.533. The van der Waals surface area contributed by atoms with E-state index in [9.17, 15) is 4.79 Å². The van der Waals surface area contributed by atoms with E-state index >= 15 is 0 Å². The van der Waals surface area contributed by atoms with Crippen LogP contribution >= 0.6 is 12.4 Å². The number of nitrogens with zero attached hydrogens (tertiary/aromatic N) is 1. The van der Waals surface area contributed by atoms with Gasteiger partial charge in [0.25, 0.3) is 0 Å². The van der Waals surface area contributed by atoms with E-state index in [1.165, 1.54) is 0 Å². The van der Waals surface area contributed by atoms with Crippen molar-refractivity contribution in [2.45, 2.75) is 13.0 Å². The van der Waals surface area contributed by atoms with E-state index in [1.807, 2.05) is 37.1 Å². The monoisotopic (exact) mass is 298 g/mol. The molecule has 5 heteroatoms. The van der Waals surface area contributed by atoms with Crippen LogP contribution in [0.4, 0.5) is 0 Å². The highest BCUT2D eigenvalue weighted by molar-refractivity contribution is 5.85. The van der Waals surface area contributed by atoms with Gasteiger partial charge in [0.2, 0.25) is 5.91 Å². The zero-order valence-corrected chi connectivity index (χ0v) is 12.9. The molecule has 1 aromatic carbocycles. The standard InChI is InChI=1S/C15H22N2O2.ClH/c1-12(10-16-2)15(18)17-8-9-19-14(11-17)13-6-4-3-5-7-13;/h3-7,12,14,16H,8-11H2,1-2H3;1H. The average Bonchev–Trinajstić information content (AvgIpc) is 2.48. The third kappa shape index (κ3) is 4.20. The zero-order valence-electron chi connectivity index (χ0n) is 12.0. The van der Waals surface area contributed by atoms with Gasteiger partial charge in [-0.05, 0) is 12.6 Å². The molecule has 0 aromatic heterocycles. The highest BCUT2D eigenvalue weighted by atomic mass is 35.5. The van der Waals surface area contributed by atoms with Gasteiger partial charge in [-0.2, -0.15) is 0 Å². The van der Waals surface area contributed by atoms with Crippen LogP contribution in [-0.4, -0.2) is 44.1 Å². The van der Waals surface area contributed by atoms with Crippen molar-refractivity contribution < 1.29 is 9.53 Å². The molecule has 4 nitrogen and oxygen atoms in total. The number of hydrogen-bond donors (Lipinski definition) is 1. The fourth-order valence-electron chi connectivity index (χ4n) is 2.42. The molecule has 0 aliphatic carbocycles. The molecular formula is C15H23ClN2O2. The van der Waals surface area contributed by atoms with Crippen molar-refractivity contribution >= 4 is 18.3 Å². The Morgan fingerprint density at radius 3 is 2.80 bits per heavy atom. The predicted molar refractivity (Wildman–Crippen MR) is 82.1 cm³/mol. The molecule has 1 heterocycles. The van der Waals surface area contributed by atoms with Gasteiger partial charge < -0.3 is 15.0 Å². The maximum absolute atomic E-state index is 12.3. The third-order valence-electron chi connectivity index (χ3n) is 3.48. The number of hydrogen-bond acceptors (Lipinski definition) is 3. The first kappa shape index (κ1) is 17.0. The number of benzene rings is 1. The molecule has 20 heavy (non-hydrogen) atoms. The first-order valence-electron chi connectivity index (χ1n) is 6.82. The summed E-state index contributed by atoms with van der Waals surface area (Å²) in [7, 11) is 1.87. The molecule has 1 aliphatic rings. The van der Waals surface area contributed by atoms with Gasteiger partial charge in [-0.25, -0.2) is 0 Å². The molecule has 1 amide bonds. The Labute approximate surface area is 126 Å². The van der Waals surface area contributed by atoms with Gasteiger partial charge in [-0.15, -0.1) is 12.4 Å². The van der Waals surface area contributed by atoms with E-state index in [0.29, 0.717) is 26.2 Å². The van der Waals surface area contributed by atoms with Crippen LogP contribution in [0.1, 0.15) is 18.6 Å². The van der Waals surface area contributed by atoms with Gasteiger partial charge in [0.1, 0.15) is 6.10 Å². The van der Waals surface area contributed by atoms with Crippen LogP contribution in [0, 0.1) is 5.92 Å². The lowest BCUT2D eigenvalue weighted by Crippen LogP contribution is -2.46. The third-order valence-corrected chi connectivity index (χ3v) is 3.48. The summed E-state index contributed by atoms with van der Waals surface area (Å²) >= 11 is 0. The maximum atomic E-state index is 12.3. The topological polar surface area (TPSA) is 41.6 Å². The van der Waals surface area contributed by atoms with Crippen LogP contribution in [-0.2, 0) is 9.53 Å². The number of morpholine rings is 1. The van der Waals surface area contributed by atoms with Crippen LogP contribution in [0.5, 0.6) is 0 Å². The predicted octanol–water partition coefficient (Wildman–Crippen LogP) is 1.86. The zero-order chi connectivity index (χ0) is 13.7. The number of halogens is 1. The van der Waals surface area contributed by atoms with Crippen LogP contribution < -0.4 is 5.32 Å². The van der Waals surface area contributed by atoms with E-state index in [2.05, 4.69) is 17.4 Å². The van der Waals surface area contributed by atoms with E-state index in [4.69, 9.17) is 4.74 Å². The molecule has 1 aliphatic heterocycles. The first-order valence-corrected chi connectivity index (χ1v) is 6.82. The van der Waals surface area contributed by atoms with Crippen LogP contribution in [0.15, 0.2) is 30.3 Å². The van der Waals surface area contributed by atoms with Gasteiger partial charge in [0.05, 0.1) is 13.2 Å². The molecular weight excluding hydrogens is 276 g/mol. The van der Waals surface area contributed by atoms with E-state index in [1.54, 1.807) is 0 Å². The summed E-state index contributed by atoms with van der Waals surface area (Å²) in [6, 6.07) is 10.1. The number of nitrogens with one attached hydrogen (secondary N) is 1. The second-order valence-electron chi connectivity index (χ2n) is 5.01. The molecule has 112 valence electrons. The summed E-state index contributed by atoms with van der Waals surface area (Å²) in [6.45, 7) is 4.63. The van der Waals surface area contributed by atoms with Gasteiger partial charge in [-0.3, -0.25) is 4.79 Å². The first-order chi connectivity index (χ1) is 9.22. The average molecular weight is 299 g/mol. The Balaban J connectivity index is 0.00000200. The largest absolute Gasteiger partial charge is 0.370 e. The lowest BCUT2D eigenvalue weighted by molar-refractivity contribution is -0.142. The number of amides is 1. The molecule has 1 N–H and O–H groups in total. The highest BCUT2D eigenvalue weighted by Gasteiger charge is 2.27. The molecule has 0 bridgehead atoms.